The molecule has 0 radical (unpaired) electrons. The van der Waals surface area contributed by atoms with Crippen LogP contribution in [-0.4, -0.2) is 33.4 Å². The molecule has 136 valence electrons. The smallest absolute Gasteiger partial charge is 0.171 e. The van der Waals surface area contributed by atoms with Crippen LogP contribution in [0.2, 0.25) is 0 Å². The Morgan fingerprint density at radius 2 is 1.75 bits per heavy atom. The van der Waals surface area contributed by atoms with E-state index in [1.165, 1.54) is 0 Å². The zero-order chi connectivity index (χ0) is 19.5. The summed E-state index contributed by atoms with van der Waals surface area (Å²) < 4.78 is 1.78. The molecule has 4 rings (SSSR count). The number of aldehydes is 1. The summed E-state index contributed by atoms with van der Waals surface area (Å²) >= 11 is 0. The van der Waals surface area contributed by atoms with Crippen LogP contribution in [0.5, 0.6) is 0 Å². The molecule has 5 heteroatoms. The standard InChI is InChI=1S/C23H18N3OS/c1-28(2)13-12-20-14-24-26-15-21(18-6-4-3-5-7-18)22(25-23(20)26)19-10-8-17(16-27)9-11-19/h3-11,14-16H,1-2H3/q+1. The second kappa shape index (κ2) is 7.71. The molecule has 2 aromatic carbocycles. The molecule has 4 nitrogen and oxygen atoms in total. The molecule has 0 unspecified atom stereocenters. The topological polar surface area (TPSA) is 47.3 Å². The quantitative estimate of drug-likeness (QED) is 0.304. The van der Waals surface area contributed by atoms with Gasteiger partial charge in [0.15, 0.2) is 10.9 Å². The molecule has 4 aromatic rings. The van der Waals surface area contributed by atoms with Crippen LogP contribution < -0.4 is 0 Å². The Morgan fingerprint density at radius 1 is 1.00 bits per heavy atom. The van der Waals surface area contributed by atoms with Crippen LogP contribution in [0.3, 0.4) is 0 Å². The zero-order valence-corrected chi connectivity index (χ0v) is 16.4. The number of fused-ring (bicyclic) bond motifs is 1. The van der Waals surface area contributed by atoms with Crippen molar-refractivity contribution in [2.45, 2.75) is 0 Å². The molecule has 0 spiro atoms. The average molecular weight is 384 g/mol. The third-order valence-electron chi connectivity index (χ3n) is 4.29. The normalized spacial score (nSPS) is 10.7. The van der Waals surface area contributed by atoms with Crippen LogP contribution in [0.1, 0.15) is 15.9 Å². The number of nitrogens with zero attached hydrogens (tertiary/aromatic N) is 3. The lowest BCUT2D eigenvalue weighted by Gasteiger charge is -2.10. The first-order valence-electron chi connectivity index (χ1n) is 8.74. The molecular weight excluding hydrogens is 366 g/mol. The minimum absolute atomic E-state index is 0.0187. The maximum atomic E-state index is 11.0. The maximum Gasteiger partial charge on any atom is 0.171 e. The van der Waals surface area contributed by atoms with Crippen LogP contribution in [0, 0.1) is 11.2 Å². The molecule has 0 aliphatic heterocycles. The van der Waals surface area contributed by atoms with Gasteiger partial charge in [0.1, 0.15) is 18.8 Å². The maximum absolute atomic E-state index is 11.0. The highest BCUT2D eigenvalue weighted by molar-refractivity contribution is 8.00. The fraction of sp³-hybridized carbons (Fsp3) is 0.0870. The van der Waals surface area contributed by atoms with Gasteiger partial charge in [0.05, 0.1) is 28.3 Å². The van der Waals surface area contributed by atoms with E-state index in [1.807, 2.05) is 36.5 Å². The van der Waals surface area contributed by atoms with Crippen LogP contribution in [0.4, 0.5) is 0 Å². The highest BCUT2D eigenvalue weighted by atomic mass is 32.2. The van der Waals surface area contributed by atoms with Crippen LogP contribution in [0.15, 0.2) is 67.0 Å². The summed E-state index contributed by atoms with van der Waals surface area (Å²) in [6.07, 6.45) is 8.76. The molecule has 28 heavy (non-hydrogen) atoms. The fourth-order valence-electron chi connectivity index (χ4n) is 2.93. The van der Waals surface area contributed by atoms with E-state index in [2.05, 4.69) is 40.9 Å². The Hall–Kier alpha value is -3.36. The lowest BCUT2D eigenvalue weighted by Crippen LogP contribution is -1.98. The molecule has 0 saturated heterocycles. The zero-order valence-electron chi connectivity index (χ0n) is 15.6. The third kappa shape index (κ3) is 3.55. The van der Waals surface area contributed by atoms with E-state index in [4.69, 9.17) is 4.98 Å². The number of aromatic nitrogens is 3. The van der Waals surface area contributed by atoms with Crippen molar-refractivity contribution in [1.29, 1.82) is 0 Å². The number of carbonyl (C=O) groups is 1. The summed E-state index contributed by atoms with van der Waals surface area (Å²) in [5, 5.41) is 7.66. The Bertz CT molecular complexity index is 1200. The van der Waals surface area contributed by atoms with E-state index in [9.17, 15) is 4.79 Å². The van der Waals surface area contributed by atoms with Crippen molar-refractivity contribution in [3.63, 3.8) is 0 Å². The van der Waals surface area contributed by atoms with Gasteiger partial charge in [-0.15, -0.1) is 0 Å². The second-order valence-corrected chi connectivity index (χ2v) is 8.32. The summed E-state index contributed by atoms with van der Waals surface area (Å²) in [6, 6.07) is 17.6. The molecule has 2 heterocycles. The van der Waals surface area contributed by atoms with E-state index in [-0.39, 0.29) is 10.9 Å². The van der Waals surface area contributed by atoms with Crippen molar-refractivity contribution in [3.05, 3.63) is 78.1 Å². The van der Waals surface area contributed by atoms with Gasteiger partial charge in [0.2, 0.25) is 0 Å². The molecule has 0 bridgehead atoms. The van der Waals surface area contributed by atoms with Gasteiger partial charge in [-0.2, -0.15) is 5.10 Å². The number of hydrogen-bond acceptors (Lipinski definition) is 3. The van der Waals surface area contributed by atoms with Gasteiger partial charge in [-0.1, -0.05) is 54.6 Å². The SMILES string of the molecule is C[S+](C)C#Cc1cnn2cc(-c3ccccc3)c(-c3ccc(C=O)cc3)nc12. The van der Waals surface area contributed by atoms with Gasteiger partial charge in [0.25, 0.3) is 0 Å². The van der Waals surface area contributed by atoms with E-state index < -0.39 is 0 Å². The number of hydrogen-bond donors (Lipinski definition) is 0. The van der Waals surface area contributed by atoms with E-state index >= 15 is 0 Å². The predicted molar refractivity (Wildman–Crippen MR) is 115 cm³/mol. The van der Waals surface area contributed by atoms with Crippen LogP contribution in [0.25, 0.3) is 28.0 Å². The summed E-state index contributed by atoms with van der Waals surface area (Å²) in [5.41, 5.74) is 5.99. The summed E-state index contributed by atoms with van der Waals surface area (Å²) in [7, 11) is 0.0187. The lowest BCUT2D eigenvalue weighted by molar-refractivity contribution is 0.112. The first-order valence-corrected chi connectivity index (χ1v) is 10.8. The average Bonchev–Trinajstić information content (AvgIpc) is 3.14. The largest absolute Gasteiger partial charge is 0.298 e. The molecule has 0 atom stereocenters. The van der Waals surface area contributed by atoms with Crippen molar-refractivity contribution in [2.24, 2.45) is 0 Å². The Morgan fingerprint density at radius 3 is 2.43 bits per heavy atom. The van der Waals surface area contributed by atoms with Crippen LogP contribution in [-0.2, 0) is 10.9 Å². The first kappa shape index (κ1) is 18.0. The van der Waals surface area contributed by atoms with Gasteiger partial charge in [-0.3, -0.25) is 4.79 Å². The fourth-order valence-corrected chi connectivity index (χ4v) is 3.24. The Balaban J connectivity index is 1.96. The lowest BCUT2D eigenvalue weighted by atomic mass is 10.00. The highest BCUT2D eigenvalue weighted by Gasteiger charge is 2.14. The van der Waals surface area contributed by atoms with Crippen LogP contribution >= 0.6 is 0 Å². The second-order valence-electron chi connectivity index (χ2n) is 6.48. The van der Waals surface area contributed by atoms with E-state index in [1.54, 1.807) is 22.8 Å². The Kier molecular flexibility index (Phi) is 4.96. The van der Waals surface area contributed by atoms with Crippen molar-refractivity contribution >= 4 is 22.8 Å². The van der Waals surface area contributed by atoms with E-state index in [0.29, 0.717) is 5.56 Å². The molecule has 0 saturated carbocycles. The molecular formula is C23H18N3OS+. The number of rotatable bonds is 3. The monoisotopic (exact) mass is 384 g/mol. The Labute approximate surface area is 166 Å². The highest BCUT2D eigenvalue weighted by Crippen LogP contribution is 2.31. The molecule has 2 aromatic heterocycles. The predicted octanol–water partition coefficient (Wildman–Crippen LogP) is 4.06. The van der Waals surface area contributed by atoms with Gasteiger partial charge in [-0.25, -0.2) is 9.50 Å². The van der Waals surface area contributed by atoms with Gasteiger partial charge in [0, 0.05) is 22.9 Å². The summed E-state index contributed by atoms with van der Waals surface area (Å²) in [5.74, 6) is 3.19. The van der Waals surface area contributed by atoms with Gasteiger partial charge < -0.3 is 0 Å². The third-order valence-corrected chi connectivity index (χ3v) is 4.80. The molecule has 0 aliphatic carbocycles. The van der Waals surface area contributed by atoms with Gasteiger partial charge in [-0.05, 0) is 11.5 Å². The minimum Gasteiger partial charge on any atom is -0.298 e. The summed E-state index contributed by atoms with van der Waals surface area (Å²) in [4.78, 5) is 15.9. The molecule has 0 amide bonds. The van der Waals surface area contributed by atoms with Crippen molar-refractivity contribution in [1.82, 2.24) is 14.6 Å². The minimum atomic E-state index is 0.0187. The molecule has 0 aliphatic rings. The van der Waals surface area contributed by atoms with E-state index in [0.717, 1.165) is 39.9 Å². The van der Waals surface area contributed by atoms with Crippen molar-refractivity contribution < 1.29 is 4.79 Å². The molecule has 0 N–H and O–H groups in total. The van der Waals surface area contributed by atoms with Crippen molar-refractivity contribution in [2.75, 3.05) is 12.5 Å². The summed E-state index contributed by atoms with van der Waals surface area (Å²) in [6.45, 7) is 0. The van der Waals surface area contributed by atoms with Crippen molar-refractivity contribution in [3.8, 4) is 33.6 Å². The molecule has 0 fully saturated rings. The first-order chi connectivity index (χ1) is 13.7. The number of benzene rings is 2. The van der Waals surface area contributed by atoms with Gasteiger partial charge >= 0.3 is 0 Å². The number of carbonyl (C=O) groups excluding carboxylic acids is 1.